The monoisotopic (exact) mass is 455 g/mol. The molecular weight excluding hydrogens is 431 g/mol. The van der Waals surface area contributed by atoms with Crippen LogP contribution in [0.1, 0.15) is 41.3 Å². The zero-order chi connectivity index (χ0) is 23.6. The molecule has 172 valence electrons. The van der Waals surface area contributed by atoms with E-state index in [4.69, 9.17) is 11.2 Å². The average Bonchev–Trinajstić information content (AvgIpc) is 2.76. The van der Waals surface area contributed by atoms with E-state index in [1.165, 1.54) is 6.92 Å². The summed E-state index contributed by atoms with van der Waals surface area (Å²) in [4.78, 5) is 21.9. The molecule has 1 aliphatic heterocycles. The minimum Gasteiger partial charge on any atom is -0.481 e. The summed E-state index contributed by atoms with van der Waals surface area (Å²) in [6.07, 6.45) is 2.37. The molecule has 1 fully saturated rings. The van der Waals surface area contributed by atoms with Gasteiger partial charge < -0.3 is 9.72 Å². The largest absolute Gasteiger partial charge is 0.481 e. The van der Waals surface area contributed by atoms with Crippen molar-refractivity contribution in [2.24, 2.45) is 0 Å². The first kappa shape index (κ1) is 22.9. The fraction of sp³-hybridized carbons (Fsp3) is 0.360. The summed E-state index contributed by atoms with van der Waals surface area (Å²) in [5.41, 5.74) is 0.298. The molecule has 1 aromatic carbocycles. The van der Waals surface area contributed by atoms with Gasteiger partial charge in [-0.2, -0.15) is 13.2 Å². The molecule has 1 atom stereocenters. The molecule has 0 unspecified atom stereocenters. The number of aryl methyl sites for hydroxylation is 1. The SMILES string of the molecule is C#CCOc1cccc(CN2CCC[C@H](c3cc4nc(C)cc(C(F)(F)F)c4c(=O)[nH]3)C2)c1. The van der Waals surface area contributed by atoms with Crippen LogP contribution in [0.2, 0.25) is 0 Å². The molecule has 3 aromatic rings. The maximum Gasteiger partial charge on any atom is 0.417 e. The van der Waals surface area contributed by atoms with Crippen LogP contribution >= 0.6 is 0 Å². The number of fused-ring (bicyclic) bond motifs is 1. The topological polar surface area (TPSA) is 58.2 Å². The molecule has 1 aliphatic rings. The van der Waals surface area contributed by atoms with Crippen LogP contribution in [0.3, 0.4) is 0 Å². The fourth-order valence-corrected chi connectivity index (χ4v) is 4.43. The molecule has 0 radical (unpaired) electrons. The number of hydrogen-bond donors (Lipinski definition) is 1. The average molecular weight is 455 g/mol. The molecule has 0 spiro atoms. The van der Waals surface area contributed by atoms with Crippen molar-refractivity contribution in [3.8, 4) is 18.1 Å². The Labute approximate surface area is 189 Å². The predicted molar refractivity (Wildman–Crippen MR) is 120 cm³/mol. The van der Waals surface area contributed by atoms with Gasteiger partial charge in [-0.05, 0) is 56.1 Å². The fourth-order valence-electron chi connectivity index (χ4n) is 4.43. The second-order valence-corrected chi connectivity index (χ2v) is 8.34. The molecule has 4 rings (SSSR count). The normalized spacial score (nSPS) is 17.1. The molecule has 0 aliphatic carbocycles. The van der Waals surface area contributed by atoms with Crippen molar-refractivity contribution in [1.29, 1.82) is 0 Å². The summed E-state index contributed by atoms with van der Waals surface area (Å²) < 4.78 is 45.9. The lowest BCUT2D eigenvalue weighted by molar-refractivity contribution is -0.136. The third-order valence-corrected chi connectivity index (χ3v) is 5.83. The number of halogens is 3. The van der Waals surface area contributed by atoms with Gasteiger partial charge in [-0.25, -0.2) is 0 Å². The van der Waals surface area contributed by atoms with E-state index < -0.39 is 22.7 Å². The molecule has 5 nitrogen and oxygen atoms in total. The van der Waals surface area contributed by atoms with Gasteiger partial charge in [0.2, 0.25) is 0 Å². The number of aromatic amines is 1. The molecular formula is C25H24F3N3O2. The van der Waals surface area contributed by atoms with E-state index in [-0.39, 0.29) is 23.7 Å². The lowest BCUT2D eigenvalue weighted by Gasteiger charge is -2.33. The number of hydrogen-bond acceptors (Lipinski definition) is 4. The van der Waals surface area contributed by atoms with E-state index in [0.717, 1.165) is 31.0 Å². The first-order chi connectivity index (χ1) is 15.7. The number of nitrogens with zero attached hydrogens (tertiary/aromatic N) is 2. The maximum absolute atomic E-state index is 13.5. The van der Waals surface area contributed by atoms with Crippen LogP contribution in [0.5, 0.6) is 5.75 Å². The van der Waals surface area contributed by atoms with Crippen molar-refractivity contribution in [1.82, 2.24) is 14.9 Å². The van der Waals surface area contributed by atoms with Crippen LogP contribution in [-0.4, -0.2) is 34.6 Å². The van der Waals surface area contributed by atoms with Crippen LogP contribution in [0.4, 0.5) is 13.2 Å². The third kappa shape index (κ3) is 5.20. The number of rotatable bonds is 5. The van der Waals surface area contributed by atoms with Crippen molar-refractivity contribution in [2.75, 3.05) is 19.7 Å². The van der Waals surface area contributed by atoms with Crippen molar-refractivity contribution in [3.05, 3.63) is 69.3 Å². The number of H-pyrrole nitrogens is 1. The number of aromatic nitrogens is 2. The number of benzene rings is 1. The van der Waals surface area contributed by atoms with E-state index in [2.05, 4.69) is 20.8 Å². The number of nitrogens with one attached hydrogen (secondary N) is 1. The number of ether oxygens (including phenoxy) is 1. The van der Waals surface area contributed by atoms with Crippen LogP contribution in [0, 0.1) is 19.3 Å². The van der Waals surface area contributed by atoms with Crippen molar-refractivity contribution in [3.63, 3.8) is 0 Å². The molecule has 0 bridgehead atoms. The van der Waals surface area contributed by atoms with Gasteiger partial charge in [0.1, 0.15) is 12.4 Å². The molecule has 1 saturated heterocycles. The number of pyridine rings is 2. The van der Waals surface area contributed by atoms with Crippen LogP contribution < -0.4 is 10.3 Å². The maximum atomic E-state index is 13.5. The summed E-state index contributed by atoms with van der Waals surface area (Å²) in [5.74, 6) is 3.15. The van der Waals surface area contributed by atoms with Gasteiger partial charge in [0.05, 0.1) is 16.5 Å². The third-order valence-electron chi connectivity index (χ3n) is 5.83. The lowest BCUT2D eigenvalue weighted by Crippen LogP contribution is -2.34. The summed E-state index contributed by atoms with van der Waals surface area (Å²) in [5, 5.41) is -0.409. The van der Waals surface area contributed by atoms with Crippen molar-refractivity contribution >= 4 is 10.9 Å². The van der Waals surface area contributed by atoms with Gasteiger partial charge >= 0.3 is 6.18 Å². The smallest absolute Gasteiger partial charge is 0.417 e. The molecule has 3 heterocycles. The quantitative estimate of drug-likeness (QED) is 0.570. The number of likely N-dealkylation sites (tertiary alicyclic amines) is 1. The second kappa shape index (κ2) is 9.28. The van der Waals surface area contributed by atoms with Gasteiger partial charge in [0.25, 0.3) is 5.56 Å². The molecule has 0 saturated carbocycles. The first-order valence-electron chi connectivity index (χ1n) is 10.7. The summed E-state index contributed by atoms with van der Waals surface area (Å²) in [6, 6.07) is 10.2. The van der Waals surface area contributed by atoms with Crippen LogP contribution in [0.25, 0.3) is 10.9 Å². The summed E-state index contributed by atoms with van der Waals surface area (Å²) >= 11 is 0. The molecule has 33 heavy (non-hydrogen) atoms. The minimum atomic E-state index is -4.62. The highest BCUT2D eigenvalue weighted by Gasteiger charge is 2.35. The summed E-state index contributed by atoms with van der Waals surface area (Å²) in [7, 11) is 0. The van der Waals surface area contributed by atoms with Gasteiger partial charge in [-0.1, -0.05) is 18.1 Å². The Balaban J connectivity index is 1.58. The van der Waals surface area contributed by atoms with E-state index in [1.54, 1.807) is 6.07 Å². The zero-order valence-corrected chi connectivity index (χ0v) is 18.2. The highest BCUT2D eigenvalue weighted by molar-refractivity contribution is 5.82. The molecule has 1 N–H and O–H groups in total. The zero-order valence-electron chi connectivity index (χ0n) is 18.2. The van der Waals surface area contributed by atoms with Gasteiger partial charge in [-0.15, -0.1) is 6.42 Å². The Morgan fingerprint density at radius 2 is 2.12 bits per heavy atom. The van der Waals surface area contributed by atoms with E-state index in [0.29, 0.717) is 24.5 Å². The van der Waals surface area contributed by atoms with Crippen molar-refractivity contribution in [2.45, 2.75) is 38.4 Å². The Morgan fingerprint density at radius 1 is 1.30 bits per heavy atom. The van der Waals surface area contributed by atoms with E-state index in [1.807, 2.05) is 24.3 Å². The Bertz CT molecular complexity index is 1260. The van der Waals surface area contributed by atoms with Crippen LogP contribution in [-0.2, 0) is 12.7 Å². The highest BCUT2D eigenvalue weighted by atomic mass is 19.4. The standard InChI is InChI=1S/C25H24F3N3O2/c1-3-10-33-19-8-4-6-17(12-19)14-31-9-5-7-18(15-31)21-13-22-23(24(32)30-21)20(25(26,27)28)11-16(2)29-22/h1,4,6,8,11-13,18H,5,7,9-10,14-15H2,2H3,(H,30,32)/t18-/m0/s1. The number of alkyl halides is 3. The van der Waals surface area contributed by atoms with E-state index in [9.17, 15) is 18.0 Å². The van der Waals surface area contributed by atoms with E-state index >= 15 is 0 Å². The summed E-state index contributed by atoms with van der Waals surface area (Å²) in [6.45, 7) is 3.96. The molecule has 2 aromatic heterocycles. The highest BCUT2D eigenvalue weighted by Crippen LogP contribution is 2.34. The minimum absolute atomic E-state index is 0.00614. The Kier molecular flexibility index (Phi) is 6.43. The number of piperidine rings is 1. The lowest BCUT2D eigenvalue weighted by atomic mass is 9.93. The van der Waals surface area contributed by atoms with Gasteiger partial charge in [0, 0.05) is 30.4 Å². The Hall–Kier alpha value is -3.31. The molecule has 8 heteroatoms. The predicted octanol–water partition coefficient (Wildman–Crippen LogP) is 4.64. The van der Waals surface area contributed by atoms with Crippen molar-refractivity contribution < 1.29 is 17.9 Å². The Morgan fingerprint density at radius 3 is 2.88 bits per heavy atom. The van der Waals surface area contributed by atoms with Gasteiger partial charge in [0.15, 0.2) is 0 Å². The second-order valence-electron chi connectivity index (χ2n) is 8.34. The molecule has 0 amide bonds. The first-order valence-corrected chi connectivity index (χ1v) is 10.7. The number of terminal acetylenes is 1. The van der Waals surface area contributed by atoms with Crippen LogP contribution in [0.15, 0.2) is 41.2 Å². The van der Waals surface area contributed by atoms with Gasteiger partial charge in [-0.3, -0.25) is 14.7 Å².